The Balaban J connectivity index is 3.60. The fourth-order valence-corrected chi connectivity index (χ4v) is 1.03. The van der Waals surface area contributed by atoms with Gasteiger partial charge in [-0.3, -0.25) is 4.79 Å². The van der Waals surface area contributed by atoms with Gasteiger partial charge >= 0.3 is 5.97 Å². The first-order chi connectivity index (χ1) is 6.11. The number of ether oxygens (including phenoxy) is 2. The average molecular weight is 190 g/mol. The van der Waals surface area contributed by atoms with Crippen LogP contribution in [0.4, 0.5) is 0 Å². The van der Waals surface area contributed by atoms with Crippen LogP contribution < -0.4 is 0 Å². The minimum absolute atomic E-state index is 0.0506. The van der Waals surface area contributed by atoms with Gasteiger partial charge in [0.1, 0.15) is 0 Å². The Labute approximate surface area is 78.8 Å². The minimum Gasteiger partial charge on any atom is -0.469 e. The summed E-state index contributed by atoms with van der Waals surface area (Å²) in [6.45, 7) is 2.38. The molecule has 0 aliphatic rings. The lowest BCUT2D eigenvalue weighted by Crippen LogP contribution is -2.22. The lowest BCUT2D eigenvalue weighted by atomic mass is 10.0. The number of esters is 1. The summed E-state index contributed by atoms with van der Waals surface area (Å²) in [5.74, 6) is -0.238. The maximum atomic E-state index is 10.7. The largest absolute Gasteiger partial charge is 0.469 e. The second-order valence-corrected chi connectivity index (χ2v) is 3.11. The van der Waals surface area contributed by atoms with E-state index in [2.05, 4.69) is 4.74 Å². The van der Waals surface area contributed by atoms with Gasteiger partial charge in [0.25, 0.3) is 0 Å². The highest BCUT2D eigenvalue weighted by Crippen LogP contribution is 2.09. The van der Waals surface area contributed by atoms with Crippen molar-refractivity contribution in [1.82, 2.24) is 0 Å². The highest BCUT2D eigenvalue weighted by molar-refractivity contribution is 5.69. The van der Waals surface area contributed by atoms with Gasteiger partial charge in [-0.2, -0.15) is 0 Å². The molecule has 78 valence electrons. The van der Waals surface area contributed by atoms with E-state index in [9.17, 15) is 9.90 Å². The highest BCUT2D eigenvalue weighted by atomic mass is 16.5. The molecular formula is C9H18O4. The standard InChI is InChI=1S/C9H18O4/c1-7(6-12-2)8(10)4-5-9(11)13-3/h7-8,10H,4-6H2,1-3H3. The van der Waals surface area contributed by atoms with Crippen LogP contribution in [0.25, 0.3) is 0 Å². The van der Waals surface area contributed by atoms with Crippen LogP contribution in [0.3, 0.4) is 0 Å². The van der Waals surface area contributed by atoms with Crippen molar-refractivity contribution in [3.05, 3.63) is 0 Å². The van der Waals surface area contributed by atoms with E-state index >= 15 is 0 Å². The molecule has 0 saturated carbocycles. The van der Waals surface area contributed by atoms with E-state index in [-0.39, 0.29) is 18.3 Å². The summed E-state index contributed by atoms with van der Waals surface area (Å²) in [6.07, 6.45) is 0.183. The lowest BCUT2D eigenvalue weighted by Gasteiger charge is -2.16. The van der Waals surface area contributed by atoms with Gasteiger partial charge in [-0.25, -0.2) is 0 Å². The molecule has 0 aromatic rings. The number of hydrogen-bond acceptors (Lipinski definition) is 4. The molecule has 0 amide bonds. The third-order valence-corrected chi connectivity index (χ3v) is 1.96. The van der Waals surface area contributed by atoms with Gasteiger partial charge in [-0.15, -0.1) is 0 Å². The molecule has 0 aromatic carbocycles. The van der Waals surface area contributed by atoms with Crippen LogP contribution >= 0.6 is 0 Å². The molecule has 0 heterocycles. The normalized spacial score (nSPS) is 15.1. The summed E-state index contributed by atoms with van der Waals surface area (Å²) in [5.41, 5.74) is 0. The zero-order valence-corrected chi connectivity index (χ0v) is 8.45. The summed E-state index contributed by atoms with van der Waals surface area (Å²) in [6, 6.07) is 0. The van der Waals surface area contributed by atoms with E-state index in [4.69, 9.17) is 4.74 Å². The molecule has 0 bridgehead atoms. The first-order valence-corrected chi connectivity index (χ1v) is 4.35. The van der Waals surface area contributed by atoms with Crippen molar-refractivity contribution in [2.45, 2.75) is 25.9 Å². The molecule has 2 atom stereocenters. The molecule has 4 nitrogen and oxygen atoms in total. The van der Waals surface area contributed by atoms with Crippen molar-refractivity contribution in [3.8, 4) is 0 Å². The first kappa shape index (κ1) is 12.4. The van der Waals surface area contributed by atoms with Crippen LogP contribution in [0.15, 0.2) is 0 Å². The summed E-state index contributed by atoms with van der Waals surface area (Å²) in [7, 11) is 2.93. The Hall–Kier alpha value is -0.610. The van der Waals surface area contributed by atoms with E-state index in [0.717, 1.165) is 0 Å². The van der Waals surface area contributed by atoms with Gasteiger partial charge in [0.15, 0.2) is 0 Å². The van der Waals surface area contributed by atoms with Crippen LogP contribution in [-0.4, -0.2) is 38.0 Å². The molecule has 0 radical (unpaired) electrons. The number of aliphatic hydroxyl groups is 1. The number of rotatable bonds is 6. The van der Waals surface area contributed by atoms with E-state index < -0.39 is 6.10 Å². The third kappa shape index (κ3) is 5.60. The summed E-state index contributed by atoms with van der Waals surface area (Å²) in [4.78, 5) is 10.7. The van der Waals surface area contributed by atoms with E-state index in [0.29, 0.717) is 13.0 Å². The van der Waals surface area contributed by atoms with Gasteiger partial charge in [0, 0.05) is 19.4 Å². The molecule has 4 heteroatoms. The number of methoxy groups -OCH3 is 2. The van der Waals surface area contributed by atoms with Crippen molar-refractivity contribution in [2.24, 2.45) is 5.92 Å². The van der Waals surface area contributed by atoms with Crippen molar-refractivity contribution in [3.63, 3.8) is 0 Å². The number of carbonyl (C=O) groups excluding carboxylic acids is 1. The molecular weight excluding hydrogens is 172 g/mol. The van der Waals surface area contributed by atoms with E-state index in [1.54, 1.807) is 7.11 Å². The quantitative estimate of drug-likeness (QED) is 0.622. The first-order valence-electron chi connectivity index (χ1n) is 4.35. The molecule has 0 fully saturated rings. The number of aliphatic hydroxyl groups excluding tert-OH is 1. The zero-order chi connectivity index (χ0) is 10.3. The number of carbonyl (C=O) groups is 1. The Morgan fingerprint density at radius 2 is 2.08 bits per heavy atom. The van der Waals surface area contributed by atoms with E-state index in [1.165, 1.54) is 7.11 Å². The predicted molar refractivity (Wildman–Crippen MR) is 48.3 cm³/mol. The summed E-state index contributed by atoms with van der Waals surface area (Å²) in [5, 5.41) is 9.51. The predicted octanol–water partition coefficient (Wildman–Crippen LogP) is 0.583. The fraction of sp³-hybridized carbons (Fsp3) is 0.889. The second-order valence-electron chi connectivity index (χ2n) is 3.11. The summed E-state index contributed by atoms with van der Waals surface area (Å²) < 4.78 is 9.34. The van der Waals surface area contributed by atoms with Crippen molar-refractivity contribution < 1.29 is 19.4 Å². The molecule has 1 N–H and O–H groups in total. The van der Waals surface area contributed by atoms with Gasteiger partial charge < -0.3 is 14.6 Å². The van der Waals surface area contributed by atoms with Gasteiger partial charge in [-0.1, -0.05) is 6.92 Å². The Kier molecular flexibility index (Phi) is 6.54. The third-order valence-electron chi connectivity index (χ3n) is 1.96. The van der Waals surface area contributed by atoms with Gasteiger partial charge in [-0.05, 0) is 6.42 Å². The van der Waals surface area contributed by atoms with Crippen LogP contribution in [0.1, 0.15) is 19.8 Å². The van der Waals surface area contributed by atoms with Crippen molar-refractivity contribution in [1.29, 1.82) is 0 Å². The maximum Gasteiger partial charge on any atom is 0.305 e. The average Bonchev–Trinajstić information content (AvgIpc) is 2.13. The van der Waals surface area contributed by atoms with E-state index in [1.807, 2.05) is 6.92 Å². The SMILES string of the molecule is COCC(C)C(O)CCC(=O)OC. The summed E-state index contributed by atoms with van der Waals surface area (Å²) >= 11 is 0. The Bertz CT molecular complexity index is 147. The molecule has 0 aliphatic heterocycles. The second kappa shape index (κ2) is 6.86. The maximum absolute atomic E-state index is 10.7. The molecule has 0 spiro atoms. The van der Waals surface area contributed by atoms with Crippen molar-refractivity contribution in [2.75, 3.05) is 20.8 Å². The fourth-order valence-electron chi connectivity index (χ4n) is 1.03. The Morgan fingerprint density at radius 3 is 2.54 bits per heavy atom. The van der Waals surface area contributed by atoms with Crippen LogP contribution in [0.2, 0.25) is 0 Å². The molecule has 0 aromatic heterocycles. The molecule has 0 saturated heterocycles. The molecule has 2 unspecified atom stereocenters. The molecule has 0 rings (SSSR count). The van der Waals surface area contributed by atoms with Crippen LogP contribution in [0, 0.1) is 5.92 Å². The van der Waals surface area contributed by atoms with Crippen LogP contribution in [0.5, 0.6) is 0 Å². The topological polar surface area (TPSA) is 55.8 Å². The lowest BCUT2D eigenvalue weighted by molar-refractivity contribution is -0.141. The van der Waals surface area contributed by atoms with Gasteiger partial charge in [0.05, 0.1) is 19.8 Å². The molecule has 0 aliphatic carbocycles. The highest BCUT2D eigenvalue weighted by Gasteiger charge is 2.15. The monoisotopic (exact) mass is 190 g/mol. The number of hydrogen-bond donors (Lipinski definition) is 1. The minimum atomic E-state index is -0.501. The molecule has 13 heavy (non-hydrogen) atoms. The zero-order valence-electron chi connectivity index (χ0n) is 8.45. The van der Waals surface area contributed by atoms with Gasteiger partial charge in [0.2, 0.25) is 0 Å². The van der Waals surface area contributed by atoms with Crippen molar-refractivity contribution >= 4 is 5.97 Å². The smallest absolute Gasteiger partial charge is 0.305 e. The van der Waals surface area contributed by atoms with Crippen LogP contribution in [-0.2, 0) is 14.3 Å². The Morgan fingerprint density at radius 1 is 1.46 bits per heavy atom.